The van der Waals surface area contributed by atoms with Crippen molar-refractivity contribution in [2.24, 2.45) is 0 Å². The van der Waals surface area contributed by atoms with Gasteiger partial charge in [0.25, 0.3) is 0 Å². The molecular weight excluding hydrogens is 445 g/mol. The average molecular weight is 482 g/mol. The van der Waals surface area contributed by atoms with Gasteiger partial charge in [0, 0.05) is 0 Å². The van der Waals surface area contributed by atoms with E-state index in [0.717, 1.165) is 11.1 Å². The zero-order valence-corrected chi connectivity index (χ0v) is 21.6. The van der Waals surface area contributed by atoms with E-state index in [0.29, 0.717) is 5.39 Å². The first-order valence-electron chi connectivity index (χ1n) is 10.8. The molecule has 0 heterocycles. The summed E-state index contributed by atoms with van der Waals surface area (Å²) in [5.41, 5.74) is 0.906. The predicted octanol–water partition coefficient (Wildman–Crippen LogP) is 3.99. The van der Waals surface area contributed by atoms with Crippen LogP contribution >= 0.6 is 7.21 Å². The van der Waals surface area contributed by atoms with Gasteiger partial charge in [0.05, 0.1) is 0 Å². The summed E-state index contributed by atoms with van der Waals surface area (Å²) >= 11 is 0. The predicted molar refractivity (Wildman–Crippen MR) is 134 cm³/mol. The van der Waals surface area contributed by atoms with Crippen molar-refractivity contribution in [3.8, 4) is 6.07 Å². The van der Waals surface area contributed by atoms with Crippen LogP contribution in [-0.2, 0) is 9.84 Å². The number of nitriles is 1. The molecule has 9 heteroatoms. The van der Waals surface area contributed by atoms with E-state index in [9.17, 15) is 18.2 Å². The number of hydrogen-bond acceptors (Lipinski definition) is 7. The SMILES string of the molecule is CC(C)N(C(C)C)P(O)(O)(CCC#N)CCS(=O)(=O)c1cccc2c(N(C)C)cccc12. The van der Waals surface area contributed by atoms with E-state index in [1.807, 2.05) is 71.0 Å². The van der Waals surface area contributed by atoms with E-state index < -0.39 is 22.8 Å². The van der Waals surface area contributed by atoms with E-state index in [1.54, 1.807) is 22.9 Å². The van der Waals surface area contributed by atoms with Gasteiger partial charge in [-0.1, -0.05) is 0 Å². The van der Waals surface area contributed by atoms with Gasteiger partial charge in [-0.15, -0.1) is 0 Å². The third-order valence-electron chi connectivity index (χ3n) is 5.77. The maximum atomic E-state index is 13.5. The third kappa shape index (κ3) is 5.41. The minimum atomic E-state index is -4.64. The number of fused-ring (bicyclic) bond motifs is 1. The molecule has 7 nitrogen and oxygen atoms in total. The summed E-state index contributed by atoms with van der Waals surface area (Å²) < 4.78 is 28.5. The Bertz CT molecular complexity index is 1100. The van der Waals surface area contributed by atoms with Crippen LogP contribution in [0.3, 0.4) is 0 Å². The summed E-state index contributed by atoms with van der Waals surface area (Å²) in [6, 6.07) is 12.2. The molecule has 0 bridgehead atoms. The van der Waals surface area contributed by atoms with Crippen molar-refractivity contribution in [3.63, 3.8) is 0 Å². The zero-order valence-electron chi connectivity index (χ0n) is 19.9. The molecule has 0 aromatic heterocycles. The fraction of sp³-hybridized carbons (Fsp3) is 0.522. The number of anilines is 1. The van der Waals surface area contributed by atoms with Crippen molar-refractivity contribution >= 4 is 33.5 Å². The molecule has 0 spiro atoms. The number of hydrogen-bond donors (Lipinski definition) is 2. The second-order valence-electron chi connectivity index (χ2n) is 9.11. The van der Waals surface area contributed by atoms with E-state index in [-0.39, 0.29) is 35.7 Å². The molecule has 0 unspecified atom stereocenters. The molecule has 2 N–H and O–H groups in total. The third-order valence-corrected chi connectivity index (χ3v) is 12.1. The van der Waals surface area contributed by atoms with E-state index in [1.165, 1.54) is 0 Å². The summed E-state index contributed by atoms with van der Waals surface area (Å²) in [5, 5.41) is 10.5. The van der Waals surface area contributed by atoms with Gasteiger partial charge in [0.15, 0.2) is 0 Å². The number of benzene rings is 2. The second-order valence-corrected chi connectivity index (χ2v) is 15.2. The monoisotopic (exact) mass is 481 g/mol. The molecule has 0 aliphatic rings. The Balaban J connectivity index is 2.53. The van der Waals surface area contributed by atoms with Gasteiger partial charge in [-0.2, -0.15) is 0 Å². The quantitative estimate of drug-likeness (QED) is 0.494. The summed E-state index contributed by atoms with van der Waals surface area (Å²) in [4.78, 5) is 25.4. The van der Waals surface area contributed by atoms with Crippen LogP contribution in [0, 0.1) is 11.3 Å². The molecule has 0 aliphatic carbocycles. The molecule has 0 fully saturated rings. The van der Waals surface area contributed by atoms with Crippen LogP contribution in [0.2, 0.25) is 0 Å². The van der Waals surface area contributed by atoms with Crippen molar-refractivity contribution < 1.29 is 18.2 Å². The van der Waals surface area contributed by atoms with Crippen molar-refractivity contribution in [3.05, 3.63) is 36.4 Å². The second kappa shape index (κ2) is 9.62. The van der Waals surface area contributed by atoms with Crippen molar-refractivity contribution in [2.75, 3.05) is 37.1 Å². The molecule has 32 heavy (non-hydrogen) atoms. The molecule has 2 rings (SSSR count). The zero-order chi connectivity index (χ0) is 24.3. The number of nitrogens with zero attached hydrogens (tertiary/aromatic N) is 3. The summed E-state index contributed by atoms with van der Waals surface area (Å²) in [6.45, 7) is 7.40. The Morgan fingerprint density at radius 1 is 0.969 bits per heavy atom. The summed E-state index contributed by atoms with van der Waals surface area (Å²) in [5.74, 6) is -0.412. The van der Waals surface area contributed by atoms with Crippen molar-refractivity contribution in [2.45, 2.75) is 51.1 Å². The van der Waals surface area contributed by atoms with Gasteiger partial charge in [0.1, 0.15) is 0 Å². The van der Waals surface area contributed by atoms with E-state index >= 15 is 0 Å². The van der Waals surface area contributed by atoms with Crippen LogP contribution in [0.4, 0.5) is 5.69 Å². The van der Waals surface area contributed by atoms with Crippen LogP contribution < -0.4 is 4.90 Å². The van der Waals surface area contributed by atoms with Gasteiger partial charge in [-0.3, -0.25) is 0 Å². The van der Waals surface area contributed by atoms with Crippen molar-refractivity contribution in [1.82, 2.24) is 4.67 Å². The average Bonchev–Trinajstić information content (AvgIpc) is 2.69. The van der Waals surface area contributed by atoms with Crippen LogP contribution in [0.1, 0.15) is 34.1 Å². The Kier molecular flexibility index (Phi) is 7.97. The molecule has 0 atom stereocenters. The molecular formula is C23H36N3O4PS. The number of sulfone groups is 1. The van der Waals surface area contributed by atoms with Crippen LogP contribution in [0.5, 0.6) is 0 Å². The maximum absolute atomic E-state index is 13.5. The molecule has 0 saturated heterocycles. The molecule has 0 saturated carbocycles. The van der Waals surface area contributed by atoms with Gasteiger partial charge < -0.3 is 0 Å². The fourth-order valence-electron chi connectivity index (χ4n) is 4.63. The molecule has 0 amide bonds. The molecule has 0 radical (unpaired) electrons. The number of rotatable bonds is 10. The molecule has 178 valence electrons. The first kappa shape index (κ1) is 26.5. The van der Waals surface area contributed by atoms with Gasteiger partial charge in [-0.05, 0) is 0 Å². The van der Waals surface area contributed by atoms with Crippen LogP contribution in [-0.4, -0.2) is 67.1 Å². The summed E-state index contributed by atoms with van der Waals surface area (Å²) in [7, 11) is -4.66. The first-order chi connectivity index (χ1) is 14.7. The van der Waals surface area contributed by atoms with E-state index in [4.69, 9.17) is 5.26 Å². The molecule has 0 aliphatic heterocycles. The Labute approximate surface area is 192 Å². The fourth-order valence-corrected chi connectivity index (χ4v) is 11.5. The van der Waals surface area contributed by atoms with Gasteiger partial charge in [-0.25, -0.2) is 0 Å². The van der Waals surface area contributed by atoms with Crippen LogP contribution in [0.15, 0.2) is 41.3 Å². The van der Waals surface area contributed by atoms with E-state index in [2.05, 4.69) is 0 Å². The standard InChI is InChI=1S/C23H36N3O4PS/c1-18(2)26(19(3)4)31(27,28,15-9-14-24)16-17-32(29,30)23-13-8-10-20-21(23)11-7-12-22(20)25(5)6/h7-8,10-13,18-19,27-28H,9,15-17H2,1-6H3. The Hall–Kier alpha value is -1.75. The minimum absolute atomic E-state index is 0.0543. The Morgan fingerprint density at radius 2 is 1.53 bits per heavy atom. The normalized spacial score (nSPS) is 14.0. The first-order valence-corrected chi connectivity index (χ1v) is 14.9. The molecule has 2 aromatic rings. The van der Waals surface area contributed by atoms with Crippen molar-refractivity contribution in [1.29, 1.82) is 5.26 Å². The van der Waals surface area contributed by atoms with Gasteiger partial charge in [0.2, 0.25) is 0 Å². The summed E-state index contributed by atoms with van der Waals surface area (Å²) in [6.07, 6.45) is -0.509. The molecule has 2 aromatic carbocycles. The Morgan fingerprint density at radius 3 is 2.06 bits per heavy atom. The van der Waals surface area contributed by atoms with Crippen LogP contribution in [0.25, 0.3) is 10.8 Å². The van der Waals surface area contributed by atoms with Gasteiger partial charge >= 0.3 is 192 Å². The topological polar surface area (TPSA) is 105 Å².